The van der Waals surface area contributed by atoms with Crippen molar-refractivity contribution < 1.29 is 13.9 Å². The van der Waals surface area contributed by atoms with E-state index in [4.69, 9.17) is 9.15 Å². The molecule has 0 unspecified atom stereocenters. The van der Waals surface area contributed by atoms with E-state index in [1.54, 1.807) is 30.5 Å². The topological polar surface area (TPSA) is 52.3 Å². The van der Waals surface area contributed by atoms with Gasteiger partial charge in [-0.2, -0.15) is 0 Å². The Labute approximate surface area is 86.5 Å². The summed E-state index contributed by atoms with van der Waals surface area (Å²) >= 11 is 0. The average molecular weight is 203 g/mol. The molecule has 0 saturated carbocycles. The molecular weight excluding hydrogens is 194 g/mol. The Morgan fingerprint density at radius 2 is 2.27 bits per heavy atom. The van der Waals surface area contributed by atoms with E-state index in [1.165, 1.54) is 13.4 Å². The van der Waals surface area contributed by atoms with Gasteiger partial charge >= 0.3 is 0 Å². The highest BCUT2D eigenvalue weighted by atomic mass is 16.5. The molecule has 0 aliphatic carbocycles. The minimum Gasteiger partial charge on any atom is -0.494 e. The zero-order valence-corrected chi connectivity index (χ0v) is 8.14. The molecule has 0 aliphatic heterocycles. The van der Waals surface area contributed by atoms with Gasteiger partial charge in [0.25, 0.3) is 0 Å². The van der Waals surface area contributed by atoms with E-state index in [0.29, 0.717) is 5.75 Å². The number of nitrogens with zero attached hydrogens (tertiary/aromatic N) is 1. The molecule has 0 aliphatic rings. The maximum absolute atomic E-state index is 11.9. The van der Waals surface area contributed by atoms with Crippen molar-refractivity contribution in [1.29, 1.82) is 0 Å². The molecule has 15 heavy (non-hydrogen) atoms. The summed E-state index contributed by atoms with van der Waals surface area (Å²) in [5.41, 5.74) is 0.259. The maximum Gasteiger partial charge on any atom is 0.250 e. The van der Waals surface area contributed by atoms with Crippen molar-refractivity contribution in [3.8, 4) is 5.75 Å². The summed E-state index contributed by atoms with van der Waals surface area (Å²) < 4.78 is 10.0. The van der Waals surface area contributed by atoms with E-state index in [2.05, 4.69) is 4.98 Å². The second-order valence-electron chi connectivity index (χ2n) is 2.86. The van der Waals surface area contributed by atoms with Gasteiger partial charge in [0.15, 0.2) is 11.5 Å². The van der Waals surface area contributed by atoms with Crippen LogP contribution in [0, 0.1) is 0 Å². The fourth-order valence-corrected chi connectivity index (χ4v) is 1.25. The molecule has 0 bridgehead atoms. The fourth-order valence-electron chi connectivity index (χ4n) is 1.25. The van der Waals surface area contributed by atoms with Gasteiger partial charge in [0, 0.05) is 6.20 Å². The van der Waals surface area contributed by atoms with Crippen molar-refractivity contribution in [2.45, 2.75) is 0 Å². The molecule has 0 saturated heterocycles. The van der Waals surface area contributed by atoms with Crippen LogP contribution in [0.3, 0.4) is 0 Å². The van der Waals surface area contributed by atoms with Gasteiger partial charge in [-0.05, 0) is 24.3 Å². The van der Waals surface area contributed by atoms with Gasteiger partial charge < -0.3 is 9.15 Å². The number of carbonyl (C=O) groups is 1. The normalized spacial score (nSPS) is 9.93. The third kappa shape index (κ3) is 1.74. The third-order valence-corrected chi connectivity index (χ3v) is 1.95. The lowest BCUT2D eigenvalue weighted by atomic mass is 10.2. The van der Waals surface area contributed by atoms with Crippen LogP contribution in [0.5, 0.6) is 5.75 Å². The third-order valence-electron chi connectivity index (χ3n) is 1.95. The van der Waals surface area contributed by atoms with E-state index in [-0.39, 0.29) is 17.2 Å². The standard InChI is InChI=1S/C11H9NO3/c1-14-8-4-2-6-12-10(8)11(13)9-5-3-7-15-9/h2-7H,1H3. The number of hydrogen-bond acceptors (Lipinski definition) is 4. The first-order valence-electron chi connectivity index (χ1n) is 4.40. The monoisotopic (exact) mass is 203 g/mol. The average Bonchev–Trinajstić information content (AvgIpc) is 2.81. The van der Waals surface area contributed by atoms with Gasteiger partial charge in [0.2, 0.25) is 5.78 Å². The van der Waals surface area contributed by atoms with Crippen molar-refractivity contribution in [3.05, 3.63) is 48.2 Å². The number of furan rings is 1. The molecule has 0 atom stereocenters. The molecule has 2 aromatic heterocycles. The zero-order valence-electron chi connectivity index (χ0n) is 8.14. The number of ketones is 1. The quantitative estimate of drug-likeness (QED) is 0.715. The molecule has 76 valence electrons. The summed E-state index contributed by atoms with van der Waals surface area (Å²) in [6, 6.07) is 6.64. The van der Waals surface area contributed by atoms with Crippen LogP contribution in [0.4, 0.5) is 0 Å². The van der Waals surface area contributed by atoms with Crippen molar-refractivity contribution >= 4 is 5.78 Å². The van der Waals surface area contributed by atoms with Gasteiger partial charge in [0.05, 0.1) is 13.4 Å². The van der Waals surface area contributed by atoms with Crippen LogP contribution in [0.1, 0.15) is 16.2 Å². The van der Waals surface area contributed by atoms with E-state index in [9.17, 15) is 4.79 Å². The smallest absolute Gasteiger partial charge is 0.250 e. The molecule has 0 aromatic carbocycles. The lowest BCUT2D eigenvalue weighted by Gasteiger charge is -2.03. The number of methoxy groups -OCH3 is 1. The number of ether oxygens (including phenoxy) is 1. The Balaban J connectivity index is 2.42. The van der Waals surface area contributed by atoms with Gasteiger partial charge in [0.1, 0.15) is 5.75 Å². The molecule has 4 nitrogen and oxygen atoms in total. The van der Waals surface area contributed by atoms with Crippen LogP contribution in [-0.4, -0.2) is 17.9 Å². The Hall–Kier alpha value is -2.10. The maximum atomic E-state index is 11.9. The van der Waals surface area contributed by atoms with Crippen molar-refractivity contribution in [2.24, 2.45) is 0 Å². The molecule has 2 rings (SSSR count). The molecule has 2 aromatic rings. The molecule has 0 spiro atoms. The Kier molecular flexibility index (Phi) is 2.49. The number of aromatic nitrogens is 1. The SMILES string of the molecule is COc1cccnc1C(=O)c1ccco1. The van der Waals surface area contributed by atoms with E-state index in [0.717, 1.165) is 0 Å². The Morgan fingerprint density at radius 3 is 2.93 bits per heavy atom. The first-order chi connectivity index (χ1) is 7.33. The minimum absolute atomic E-state index is 0.256. The number of hydrogen-bond donors (Lipinski definition) is 0. The predicted molar refractivity (Wildman–Crippen MR) is 52.9 cm³/mol. The Bertz CT molecular complexity index is 462. The van der Waals surface area contributed by atoms with Crippen LogP contribution < -0.4 is 4.74 Å². The van der Waals surface area contributed by atoms with Gasteiger partial charge in [-0.25, -0.2) is 4.98 Å². The van der Waals surface area contributed by atoms with Gasteiger partial charge in [-0.1, -0.05) is 0 Å². The molecule has 0 amide bonds. The summed E-state index contributed by atoms with van der Waals surface area (Å²) in [7, 11) is 1.50. The second-order valence-corrected chi connectivity index (χ2v) is 2.86. The van der Waals surface area contributed by atoms with Crippen LogP contribution in [-0.2, 0) is 0 Å². The summed E-state index contributed by atoms with van der Waals surface area (Å²) in [5, 5.41) is 0. The molecule has 4 heteroatoms. The van der Waals surface area contributed by atoms with Crippen molar-refractivity contribution in [3.63, 3.8) is 0 Å². The second kappa shape index (κ2) is 3.96. The summed E-state index contributed by atoms with van der Waals surface area (Å²) in [6.07, 6.45) is 2.99. The first kappa shape index (κ1) is 9.45. The molecular formula is C11H9NO3. The lowest BCUT2D eigenvalue weighted by molar-refractivity contribution is 0.100. The van der Waals surface area contributed by atoms with Crippen LogP contribution in [0.2, 0.25) is 0 Å². The summed E-state index contributed by atoms with van der Waals surface area (Å²) in [4.78, 5) is 15.8. The van der Waals surface area contributed by atoms with Crippen molar-refractivity contribution in [1.82, 2.24) is 4.98 Å². The summed E-state index contributed by atoms with van der Waals surface area (Å²) in [6.45, 7) is 0. The Morgan fingerprint density at radius 1 is 1.40 bits per heavy atom. The lowest BCUT2D eigenvalue weighted by Crippen LogP contribution is -2.05. The highest BCUT2D eigenvalue weighted by molar-refractivity contribution is 6.07. The van der Waals surface area contributed by atoms with Gasteiger partial charge in [-0.3, -0.25) is 4.79 Å². The van der Waals surface area contributed by atoms with Crippen LogP contribution >= 0.6 is 0 Å². The van der Waals surface area contributed by atoms with Crippen molar-refractivity contribution in [2.75, 3.05) is 7.11 Å². The fraction of sp³-hybridized carbons (Fsp3) is 0.0909. The molecule has 0 N–H and O–H groups in total. The number of rotatable bonds is 3. The van der Waals surface area contributed by atoms with E-state index >= 15 is 0 Å². The first-order valence-corrected chi connectivity index (χ1v) is 4.40. The largest absolute Gasteiger partial charge is 0.494 e. The molecule has 0 radical (unpaired) electrons. The number of carbonyl (C=O) groups excluding carboxylic acids is 1. The molecule has 0 fully saturated rings. The highest BCUT2D eigenvalue weighted by Gasteiger charge is 2.17. The number of pyridine rings is 1. The zero-order chi connectivity index (χ0) is 10.7. The van der Waals surface area contributed by atoms with Crippen LogP contribution in [0.15, 0.2) is 41.1 Å². The minimum atomic E-state index is -0.280. The highest BCUT2D eigenvalue weighted by Crippen LogP contribution is 2.18. The van der Waals surface area contributed by atoms with Gasteiger partial charge in [-0.15, -0.1) is 0 Å². The van der Waals surface area contributed by atoms with E-state index in [1.807, 2.05) is 0 Å². The molecule has 2 heterocycles. The predicted octanol–water partition coefficient (Wildman–Crippen LogP) is 1.91. The summed E-state index contributed by atoms with van der Waals surface area (Å²) in [5.74, 6) is 0.420. The van der Waals surface area contributed by atoms with E-state index < -0.39 is 0 Å². The van der Waals surface area contributed by atoms with Crippen LogP contribution in [0.25, 0.3) is 0 Å².